The number of carbonyl (C=O) groups is 1. The van der Waals surface area contributed by atoms with Gasteiger partial charge in [0.25, 0.3) is 0 Å². The summed E-state index contributed by atoms with van der Waals surface area (Å²) in [6, 6.07) is 15.9. The Labute approximate surface area is 144 Å². The van der Waals surface area contributed by atoms with Crippen molar-refractivity contribution in [3.05, 3.63) is 89.3 Å². The highest BCUT2D eigenvalue weighted by atomic mass is 35.5. The second kappa shape index (κ2) is 6.82. The minimum atomic E-state index is -0.243. The molecule has 0 N–H and O–H groups in total. The Kier molecular flexibility index (Phi) is 4.60. The topological polar surface area (TPSA) is 33.8 Å². The number of rotatable bonds is 4. The molecular weight excluding hydrogens is 331 g/mol. The molecule has 0 fully saturated rings. The van der Waals surface area contributed by atoms with Gasteiger partial charge in [0, 0.05) is 21.8 Å². The van der Waals surface area contributed by atoms with Crippen molar-refractivity contribution in [3.8, 4) is 11.3 Å². The fraction of sp³-hybridized carbons (Fsp3) is 0. The van der Waals surface area contributed by atoms with Gasteiger partial charge in [-0.3, -0.25) is 0 Å². The zero-order chi connectivity index (χ0) is 16.2. The van der Waals surface area contributed by atoms with E-state index >= 15 is 0 Å². The van der Waals surface area contributed by atoms with Crippen molar-refractivity contribution >= 4 is 29.0 Å². The molecule has 0 saturated carbocycles. The number of ketones is 1. The van der Waals surface area contributed by atoms with Crippen LogP contribution in [0, 0.1) is 6.54 Å². The average Bonchev–Trinajstić information content (AvgIpc) is 2.57. The Bertz CT molecular complexity index is 813. The lowest BCUT2D eigenvalue weighted by Crippen LogP contribution is -2.35. The predicted octanol–water partition coefficient (Wildman–Crippen LogP) is 4.11. The monoisotopic (exact) mass is 341 g/mol. The summed E-state index contributed by atoms with van der Waals surface area (Å²) in [4.78, 5) is 16.4. The van der Waals surface area contributed by atoms with Crippen LogP contribution in [0.2, 0.25) is 10.0 Å². The van der Waals surface area contributed by atoms with Crippen LogP contribution in [0.15, 0.2) is 67.1 Å². The smallest absolute Gasteiger partial charge is 0.212 e. The van der Waals surface area contributed by atoms with Crippen LogP contribution >= 0.6 is 23.2 Å². The van der Waals surface area contributed by atoms with Gasteiger partial charge in [-0.15, -0.1) is 0 Å². The molecule has 0 spiro atoms. The molecule has 0 aliphatic heterocycles. The number of Topliss-reactive ketones (excluding diaryl/α,β-unsaturated/α-hetero) is 1. The number of hydrogen-bond acceptors (Lipinski definition) is 2. The molecular formula is C18H11Cl2N2O. The summed E-state index contributed by atoms with van der Waals surface area (Å²) in [5.41, 5.74) is 2.26. The van der Waals surface area contributed by atoms with E-state index in [2.05, 4.69) is 11.5 Å². The van der Waals surface area contributed by atoms with Crippen molar-refractivity contribution in [1.82, 2.24) is 4.98 Å². The van der Waals surface area contributed by atoms with Crippen molar-refractivity contribution in [2.24, 2.45) is 0 Å². The third-order valence-corrected chi connectivity index (χ3v) is 3.70. The van der Waals surface area contributed by atoms with Crippen LogP contribution in [0.4, 0.5) is 0 Å². The van der Waals surface area contributed by atoms with Gasteiger partial charge < -0.3 is 9.36 Å². The summed E-state index contributed by atoms with van der Waals surface area (Å²) in [7, 11) is 0. The molecule has 113 valence electrons. The highest BCUT2D eigenvalue weighted by Crippen LogP contribution is 2.18. The van der Waals surface area contributed by atoms with Gasteiger partial charge in [-0.05, 0) is 35.9 Å². The maximum atomic E-state index is 12.1. The molecule has 1 heterocycles. The van der Waals surface area contributed by atoms with Crippen LogP contribution in [-0.4, -0.2) is 10.8 Å². The molecule has 0 bridgehead atoms. The number of benzene rings is 2. The highest BCUT2D eigenvalue weighted by Gasteiger charge is 2.07. The van der Waals surface area contributed by atoms with E-state index < -0.39 is 0 Å². The molecule has 0 aliphatic rings. The molecule has 2 aromatic carbocycles. The van der Waals surface area contributed by atoms with Crippen molar-refractivity contribution in [1.29, 1.82) is 0 Å². The normalized spacial score (nSPS) is 10.3. The van der Waals surface area contributed by atoms with E-state index in [9.17, 15) is 4.79 Å². The summed E-state index contributed by atoms with van der Waals surface area (Å²) in [6.07, 6.45) is 3.27. The van der Waals surface area contributed by atoms with Gasteiger partial charge in [-0.25, -0.2) is 0 Å². The molecule has 5 heteroatoms. The summed E-state index contributed by atoms with van der Waals surface area (Å²) >= 11 is 11.7. The summed E-state index contributed by atoms with van der Waals surface area (Å²) < 4.78 is 1.50. The van der Waals surface area contributed by atoms with Gasteiger partial charge in [0.05, 0.1) is 6.54 Å². The maximum Gasteiger partial charge on any atom is 0.212 e. The van der Waals surface area contributed by atoms with E-state index in [1.165, 1.54) is 10.9 Å². The molecule has 23 heavy (non-hydrogen) atoms. The van der Waals surface area contributed by atoms with E-state index in [0.29, 0.717) is 15.6 Å². The van der Waals surface area contributed by atoms with Crippen molar-refractivity contribution in [2.75, 3.05) is 0 Å². The number of aromatic nitrogens is 2. The molecule has 3 rings (SSSR count). The van der Waals surface area contributed by atoms with Gasteiger partial charge in [0.2, 0.25) is 6.33 Å². The van der Waals surface area contributed by atoms with Crippen LogP contribution in [0.1, 0.15) is 10.4 Å². The summed E-state index contributed by atoms with van der Waals surface area (Å²) in [5.74, 6) is -0.243. The lowest BCUT2D eigenvalue weighted by atomic mass is 10.1. The van der Waals surface area contributed by atoms with Crippen molar-refractivity contribution in [2.45, 2.75) is 0 Å². The van der Waals surface area contributed by atoms with E-state index in [-0.39, 0.29) is 5.78 Å². The molecule has 0 amide bonds. The van der Waals surface area contributed by atoms with Crippen molar-refractivity contribution < 1.29 is 9.36 Å². The third kappa shape index (κ3) is 3.89. The predicted molar refractivity (Wildman–Crippen MR) is 89.3 cm³/mol. The lowest BCUT2D eigenvalue weighted by Gasteiger charge is -2.06. The quantitative estimate of drug-likeness (QED) is 0.406. The minimum absolute atomic E-state index is 0.243. The number of hydrogen-bond donors (Lipinski definition) is 0. The zero-order valence-electron chi connectivity index (χ0n) is 11.9. The van der Waals surface area contributed by atoms with Crippen LogP contribution in [-0.2, 0) is 0 Å². The molecule has 3 nitrogen and oxygen atoms in total. The van der Waals surface area contributed by atoms with Crippen LogP contribution in [0.3, 0.4) is 0 Å². The van der Waals surface area contributed by atoms with Crippen LogP contribution in [0.25, 0.3) is 11.3 Å². The third-order valence-electron chi connectivity index (χ3n) is 3.19. The van der Waals surface area contributed by atoms with Gasteiger partial charge in [-0.1, -0.05) is 52.5 Å². The van der Waals surface area contributed by atoms with Gasteiger partial charge in [-0.2, -0.15) is 0 Å². The number of carbonyl (C=O) groups excluding carboxylic acids is 1. The van der Waals surface area contributed by atoms with Gasteiger partial charge in [0.15, 0.2) is 5.69 Å². The summed E-state index contributed by atoms with van der Waals surface area (Å²) in [6.45, 7) is 2.72. The van der Waals surface area contributed by atoms with E-state index in [1.54, 1.807) is 30.5 Å². The Balaban J connectivity index is 1.73. The van der Waals surface area contributed by atoms with Gasteiger partial charge in [0.1, 0.15) is 5.78 Å². The first kappa shape index (κ1) is 15.5. The number of halogens is 2. The average molecular weight is 342 g/mol. The van der Waals surface area contributed by atoms with Gasteiger partial charge >= 0.3 is 0 Å². The Hall–Kier alpha value is -2.36. The van der Waals surface area contributed by atoms with Crippen LogP contribution in [0.5, 0.6) is 0 Å². The first-order chi connectivity index (χ1) is 11.1. The molecule has 0 atom stereocenters. The number of nitrogens with zero attached hydrogens (tertiary/aromatic N) is 2. The second-order valence-corrected chi connectivity index (χ2v) is 5.68. The van der Waals surface area contributed by atoms with Crippen molar-refractivity contribution in [3.63, 3.8) is 0 Å². The molecule has 1 radical (unpaired) electrons. The molecule has 1 aromatic heterocycles. The molecule has 3 aromatic rings. The molecule has 0 saturated heterocycles. The van der Waals surface area contributed by atoms with Crippen LogP contribution < -0.4 is 4.57 Å². The lowest BCUT2D eigenvalue weighted by molar-refractivity contribution is -0.628. The largest absolute Gasteiger partial charge is 0.324 e. The van der Waals surface area contributed by atoms with E-state index in [0.717, 1.165) is 11.3 Å². The molecule has 0 unspecified atom stereocenters. The minimum Gasteiger partial charge on any atom is -0.324 e. The molecule has 0 aliphatic carbocycles. The Morgan fingerprint density at radius 3 is 2.09 bits per heavy atom. The Morgan fingerprint density at radius 2 is 1.52 bits per heavy atom. The SMILES string of the molecule is O=C([C-][n+]1ccc(-c2ccc(Cl)cc2)nc1)c1ccc(Cl)cc1. The maximum absolute atomic E-state index is 12.1. The second-order valence-electron chi connectivity index (χ2n) is 4.81. The van der Waals surface area contributed by atoms with E-state index in [4.69, 9.17) is 23.2 Å². The standard InChI is InChI=1S/C18H11Cl2N2O/c19-15-5-1-13(2-6-15)17-9-10-22(12-21-17)11-18(23)14-3-7-16(20)8-4-14/h1-10,12H. The highest BCUT2D eigenvalue weighted by molar-refractivity contribution is 6.31. The van der Waals surface area contributed by atoms with E-state index in [1.807, 2.05) is 30.3 Å². The zero-order valence-corrected chi connectivity index (χ0v) is 13.4. The first-order valence-electron chi connectivity index (χ1n) is 6.82. The summed E-state index contributed by atoms with van der Waals surface area (Å²) in [5, 5.41) is 1.26. The fourth-order valence-corrected chi connectivity index (χ4v) is 2.25. The first-order valence-corrected chi connectivity index (χ1v) is 7.57. The Morgan fingerprint density at radius 1 is 0.913 bits per heavy atom. The fourth-order valence-electron chi connectivity index (χ4n) is 2.00.